The lowest BCUT2D eigenvalue weighted by atomic mass is 10.0. The van der Waals surface area contributed by atoms with Crippen LogP contribution < -0.4 is 0 Å². The fraction of sp³-hybridized carbons (Fsp3) is 0.214. The summed E-state index contributed by atoms with van der Waals surface area (Å²) in [5.74, 6) is 0. The Morgan fingerprint density at radius 1 is 1.42 bits per heavy atom. The molecule has 5 heteroatoms. The molecule has 0 radical (unpaired) electrons. The Kier molecular flexibility index (Phi) is 2.67. The third kappa shape index (κ3) is 1.93. The van der Waals surface area contributed by atoms with Gasteiger partial charge in [0, 0.05) is 54.3 Å². The highest BCUT2D eigenvalue weighted by Crippen LogP contribution is 2.32. The molecule has 0 unspecified atom stereocenters. The topological polar surface area (TPSA) is 60.4 Å². The lowest BCUT2D eigenvalue weighted by molar-refractivity contribution is -0.384. The summed E-state index contributed by atoms with van der Waals surface area (Å²) in [7, 11) is 1.95. The zero-order chi connectivity index (χ0) is 13.4. The van der Waals surface area contributed by atoms with Gasteiger partial charge in [0.15, 0.2) is 0 Å². The third-order valence-electron chi connectivity index (χ3n) is 3.41. The minimum atomic E-state index is -0.358. The first-order valence-electron chi connectivity index (χ1n) is 6.11. The highest BCUT2D eigenvalue weighted by molar-refractivity contribution is 5.95. The number of nitrogens with zero attached hydrogens (tertiary/aromatic N) is 3. The number of nitro benzene ring substituents is 1. The van der Waals surface area contributed by atoms with Gasteiger partial charge in [-0.3, -0.25) is 15.1 Å². The van der Waals surface area contributed by atoms with E-state index in [2.05, 4.69) is 4.99 Å². The second kappa shape index (κ2) is 4.35. The van der Waals surface area contributed by atoms with E-state index in [1.807, 2.05) is 30.2 Å². The molecule has 0 saturated heterocycles. The molecule has 0 fully saturated rings. The van der Waals surface area contributed by atoms with Crippen molar-refractivity contribution in [2.75, 3.05) is 0 Å². The van der Waals surface area contributed by atoms with Crippen LogP contribution >= 0.6 is 0 Å². The van der Waals surface area contributed by atoms with Gasteiger partial charge < -0.3 is 4.57 Å². The minimum absolute atomic E-state index is 0.125. The van der Waals surface area contributed by atoms with Crippen molar-refractivity contribution in [3.63, 3.8) is 0 Å². The van der Waals surface area contributed by atoms with E-state index < -0.39 is 0 Å². The van der Waals surface area contributed by atoms with E-state index in [1.54, 1.807) is 18.2 Å². The van der Waals surface area contributed by atoms with Gasteiger partial charge in [0.2, 0.25) is 0 Å². The number of aryl methyl sites for hydroxylation is 1. The number of aromatic nitrogens is 1. The number of non-ortho nitro benzene ring substituents is 1. The highest BCUT2D eigenvalue weighted by Gasteiger charge is 2.15. The Labute approximate surface area is 110 Å². The Morgan fingerprint density at radius 2 is 2.26 bits per heavy atom. The lowest BCUT2D eigenvalue weighted by Gasteiger charge is -2.06. The summed E-state index contributed by atoms with van der Waals surface area (Å²) in [5, 5.41) is 11.8. The zero-order valence-electron chi connectivity index (χ0n) is 10.5. The molecule has 0 bridgehead atoms. The highest BCUT2D eigenvalue weighted by atomic mass is 16.6. The van der Waals surface area contributed by atoms with Crippen molar-refractivity contribution in [1.29, 1.82) is 0 Å². The van der Waals surface area contributed by atoms with E-state index in [9.17, 15) is 10.1 Å². The van der Waals surface area contributed by atoms with Crippen LogP contribution in [-0.4, -0.2) is 15.7 Å². The van der Waals surface area contributed by atoms with Gasteiger partial charge in [0.05, 0.1) is 4.92 Å². The molecule has 2 heterocycles. The molecule has 0 atom stereocenters. The predicted molar refractivity (Wildman–Crippen MR) is 75.3 cm³/mol. The zero-order valence-corrected chi connectivity index (χ0v) is 10.5. The van der Waals surface area contributed by atoms with Crippen molar-refractivity contribution in [1.82, 2.24) is 4.57 Å². The van der Waals surface area contributed by atoms with Crippen LogP contribution in [0.4, 0.5) is 5.69 Å². The van der Waals surface area contributed by atoms with Crippen molar-refractivity contribution >= 4 is 28.4 Å². The molecule has 2 aromatic rings. The summed E-state index contributed by atoms with van der Waals surface area (Å²) in [4.78, 5) is 14.7. The first-order valence-corrected chi connectivity index (χ1v) is 6.11. The van der Waals surface area contributed by atoms with Crippen molar-refractivity contribution in [2.45, 2.75) is 12.8 Å². The lowest BCUT2D eigenvalue weighted by Crippen LogP contribution is -1.90. The van der Waals surface area contributed by atoms with E-state index in [1.165, 1.54) is 0 Å². The van der Waals surface area contributed by atoms with E-state index in [-0.39, 0.29) is 10.6 Å². The van der Waals surface area contributed by atoms with Crippen molar-refractivity contribution in [2.24, 2.45) is 12.0 Å². The molecular formula is C14H13N3O2. The third-order valence-corrected chi connectivity index (χ3v) is 3.41. The molecule has 3 rings (SSSR count). The van der Waals surface area contributed by atoms with Crippen LogP contribution in [0.2, 0.25) is 0 Å². The van der Waals surface area contributed by atoms with Crippen LogP contribution in [-0.2, 0) is 7.05 Å². The van der Waals surface area contributed by atoms with Crippen molar-refractivity contribution in [3.8, 4) is 0 Å². The summed E-state index contributed by atoms with van der Waals surface area (Å²) >= 11 is 0. The van der Waals surface area contributed by atoms with Gasteiger partial charge in [-0.15, -0.1) is 0 Å². The average molecular weight is 255 g/mol. The number of allylic oxidation sites excluding steroid dienone is 1. The second-order valence-corrected chi connectivity index (χ2v) is 4.64. The number of nitro groups is 1. The summed E-state index contributed by atoms with van der Waals surface area (Å²) in [6.07, 6.45) is 7.58. The number of benzene rings is 1. The summed E-state index contributed by atoms with van der Waals surface area (Å²) in [6, 6.07) is 4.98. The van der Waals surface area contributed by atoms with Gasteiger partial charge in [0.25, 0.3) is 5.69 Å². The molecule has 96 valence electrons. The maximum Gasteiger partial charge on any atom is 0.270 e. The van der Waals surface area contributed by atoms with E-state index in [0.29, 0.717) is 0 Å². The molecule has 0 saturated carbocycles. The summed E-state index contributed by atoms with van der Waals surface area (Å²) in [5.41, 5.74) is 3.29. The van der Waals surface area contributed by atoms with Gasteiger partial charge in [-0.25, -0.2) is 0 Å². The van der Waals surface area contributed by atoms with Crippen LogP contribution in [0.15, 0.2) is 35.6 Å². The van der Waals surface area contributed by atoms with Crippen molar-refractivity contribution < 1.29 is 4.92 Å². The SMILES string of the molecule is Cn1cc(C2=CN=CCC2)c2cc([N+](=O)[O-])ccc21. The van der Waals surface area contributed by atoms with Crippen LogP contribution in [0.5, 0.6) is 0 Å². The number of rotatable bonds is 2. The molecule has 1 aromatic carbocycles. The van der Waals surface area contributed by atoms with Crippen molar-refractivity contribution in [3.05, 3.63) is 46.3 Å². The largest absolute Gasteiger partial charge is 0.350 e. The maximum atomic E-state index is 10.9. The van der Waals surface area contributed by atoms with Crippen LogP contribution in [0, 0.1) is 10.1 Å². The molecule has 19 heavy (non-hydrogen) atoms. The number of hydrogen-bond acceptors (Lipinski definition) is 3. The predicted octanol–water partition coefficient (Wildman–Crippen LogP) is 3.29. The fourth-order valence-electron chi connectivity index (χ4n) is 2.46. The molecule has 0 amide bonds. The smallest absolute Gasteiger partial charge is 0.270 e. The second-order valence-electron chi connectivity index (χ2n) is 4.64. The molecule has 1 aromatic heterocycles. The monoisotopic (exact) mass is 255 g/mol. The molecular weight excluding hydrogens is 242 g/mol. The summed E-state index contributed by atoms with van der Waals surface area (Å²) in [6.45, 7) is 0. The number of fused-ring (bicyclic) bond motifs is 1. The Balaban J connectivity index is 2.24. The summed E-state index contributed by atoms with van der Waals surface area (Å²) < 4.78 is 1.99. The molecule has 1 aliphatic heterocycles. The van der Waals surface area contributed by atoms with E-state index in [4.69, 9.17) is 0 Å². The minimum Gasteiger partial charge on any atom is -0.350 e. The molecule has 1 aliphatic rings. The Hall–Kier alpha value is -2.43. The fourth-order valence-corrected chi connectivity index (χ4v) is 2.46. The van der Waals surface area contributed by atoms with Gasteiger partial charge in [-0.2, -0.15) is 0 Å². The first kappa shape index (κ1) is 11.6. The van der Waals surface area contributed by atoms with Gasteiger partial charge in [-0.1, -0.05) is 0 Å². The Morgan fingerprint density at radius 3 is 2.95 bits per heavy atom. The number of hydrogen-bond donors (Lipinski definition) is 0. The average Bonchev–Trinajstić information content (AvgIpc) is 2.77. The van der Waals surface area contributed by atoms with Crippen LogP contribution in [0.3, 0.4) is 0 Å². The number of aliphatic imine (C=N–C) groups is 1. The van der Waals surface area contributed by atoms with Gasteiger partial charge in [-0.05, 0) is 24.5 Å². The van der Waals surface area contributed by atoms with Gasteiger partial charge >= 0.3 is 0 Å². The molecule has 0 spiro atoms. The van der Waals surface area contributed by atoms with Crippen LogP contribution in [0.25, 0.3) is 16.5 Å². The first-order chi connectivity index (χ1) is 9.16. The Bertz CT molecular complexity index is 726. The molecule has 5 nitrogen and oxygen atoms in total. The maximum absolute atomic E-state index is 10.9. The van der Waals surface area contributed by atoms with Gasteiger partial charge in [0.1, 0.15) is 0 Å². The van der Waals surface area contributed by atoms with E-state index >= 15 is 0 Å². The molecule has 0 N–H and O–H groups in total. The molecule has 0 aliphatic carbocycles. The van der Waals surface area contributed by atoms with E-state index in [0.717, 1.165) is 34.9 Å². The standard InChI is InChI=1S/C14H13N3O2/c1-16-9-13(10-3-2-6-15-8-10)12-7-11(17(18)19)4-5-14(12)16/h4-9H,2-3H2,1H3. The quantitative estimate of drug-likeness (QED) is 0.610. The normalized spacial score (nSPS) is 14.7. The van der Waals surface area contributed by atoms with Crippen LogP contribution in [0.1, 0.15) is 18.4 Å².